The molecule has 0 saturated carbocycles. The first kappa shape index (κ1) is 9.98. The average molecular weight is 206 g/mol. The molecule has 0 spiro atoms. The fourth-order valence-corrected chi connectivity index (χ4v) is 1.59. The van der Waals surface area contributed by atoms with Crippen molar-refractivity contribution in [2.24, 2.45) is 0 Å². The predicted octanol–water partition coefficient (Wildman–Crippen LogP) is 0.932. The summed E-state index contributed by atoms with van der Waals surface area (Å²) >= 11 is 0. The number of carbonyl (C=O) groups excluding carboxylic acids is 1. The average Bonchev–Trinajstić information content (AvgIpc) is 2.65. The highest BCUT2D eigenvalue weighted by Gasteiger charge is 2.17. The van der Waals surface area contributed by atoms with E-state index in [1.54, 1.807) is 7.11 Å². The molecule has 2 rings (SSSR count). The number of carbonyl (C=O) groups is 1. The number of methoxy groups -OCH3 is 1. The summed E-state index contributed by atoms with van der Waals surface area (Å²) in [6.45, 7) is 1.53. The highest BCUT2D eigenvalue weighted by atomic mass is 16.5. The van der Waals surface area contributed by atoms with Gasteiger partial charge in [-0.25, -0.2) is 5.01 Å². The summed E-state index contributed by atoms with van der Waals surface area (Å²) in [4.78, 5) is 11.0. The summed E-state index contributed by atoms with van der Waals surface area (Å²) in [5, 5.41) is 1.92. The highest BCUT2D eigenvalue weighted by Crippen LogP contribution is 2.13. The molecule has 80 valence electrons. The van der Waals surface area contributed by atoms with Gasteiger partial charge in [-0.1, -0.05) is 12.1 Å². The summed E-state index contributed by atoms with van der Waals surface area (Å²) in [6.07, 6.45) is 0.593. The van der Waals surface area contributed by atoms with E-state index in [0.717, 1.165) is 24.4 Å². The summed E-state index contributed by atoms with van der Waals surface area (Å²) in [7, 11) is 1.65. The maximum atomic E-state index is 11.0. The van der Waals surface area contributed by atoms with Gasteiger partial charge >= 0.3 is 0 Å². The van der Waals surface area contributed by atoms with Crippen LogP contribution in [0.3, 0.4) is 0 Å². The minimum atomic E-state index is 0.100. The van der Waals surface area contributed by atoms with Crippen molar-refractivity contribution in [1.82, 2.24) is 10.4 Å². The third-order valence-electron chi connectivity index (χ3n) is 2.42. The first-order valence-corrected chi connectivity index (χ1v) is 4.95. The molecule has 1 aliphatic heterocycles. The van der Waals surface area contributed by atoms with Crippen LogP contribution in [0, 0.1) is 0 Å². The number of nitrogens with zero attached hydrogens (tertiary/aromatic N) is 1. The zero-order valence-corrected chi connectivity index (χ0v) is 8.69. The molecule has 0 bridgehead atoms. The van der Waals surface area contributed by atoms with Crippen molar-refractivity contribution in [3.63, 3.8) is 0 Å². The van der Waals surface area contributed by atoms with E-state index in [9.17, 15) is 4.79 Å². The van der Waals surface area contributed by atoms with E-state index >= 15 is 0 Å². The summed E-state index contributed by atoms with van der Waals surface area (Å²) in [5.74, 6) is 0.952. The summed E-state index contributed by atoms with van der Waals surface area (Å²) < 4.78 is 5.07. The molecule has 0 aromatic heterocycles. The van der Waals surface area contributed by atoms with Crippen LogP contribution in [0.15, 0.2) is 24.3 Å². The van der Waals surface area contributed by atoms with E-state index in [4.69, 9.17) is 4.74 Å². The van der Waals surface area contributed by atoms with Gasteiger partial charge in [-0.3, -0.25) is 10.2 Å². The van der Waals surface area contributed by atoms with Crippen molar-refractivity contribution in [3.05, 3.63) is 29.8 Å². The van der Waals surface area contributed by atoms with E-state index in [1.807, 2.05) is 29.3 Å². The van der Waals surface area contributed by atoms with Crippen LogP contribution in [0.4, 0.5) is 0 Å². The summed E-state index contributed by atoms with van der Waals surface area (Å²) in [5.41, 5.74) is 3.96. The summed E-state index contributed by atoms with van der Waals surface area (Å²) in [6, 6.07) is 7.85. The Kier molecular flexibility index (Phi) is 2.87. The monoisotopic (exact) mass is 206 g/mol. The topological polar surface area (TPSA) is 41.6 Å². The fraction of sp³-hybridized carbons (Fsp3) is 0.364. The first-order chi connectivity index (χ1) is 7.28. The second-order valence-electron chi connectivity index (χ2n) is 3.55. The van der Waals surface area contributed by atoms with E-state index in [1.165, 1.54) is 0 Å². The lowest BCUT2D eigenvalue weighted by Gasteiger charge is -2.14. The quantitative estimate of drug-likeness (QED) is 0.800. The minimum Gasteiger partial charge on any atom is -0.497 e. The molecule has 1 aliphatic rings. The van der Waals surface area contributed by atoms with Gasteiger partial charge in [0.05, 0.1) is 7.11 Å². The van der Waals surface area contributed by atoms with Gasteiger partial charge in [0, 0.05) is 19.5 Å². The normalized spacial score (nSPS) is 16.5. The Labute approximate surface area is 88.8 Å². The zero-order chi connectivity index (χ0) is 10.7. The van der Waals surface area contributed by atoms with Crippen molar-refractivity contribution in [2.45, 2.75) is 13.0 Å². The molecule has 1 fully saturated rings. The Morgan fingerprint density at radius 1 is 1.40 bits per heavy atom. The van der Waals surface area contributed by atoms with E-state index in [2.05, 4.69) is 5.43 Å². The van der Waals surface area contributed by atoms with Gasteiger partial charge in [0.15, 0.2) is 0 Å². The van der Waals surface area contributed by atoms with Crippen LogP contribution in [-0.4, -0.2) is 24.6 Å². The lowest BCUT2D eigenvalue weighted by Crippen LogP contribution is -2.32. The molecule has 0 aliphatic carbocycles. The molecule has 0 radical (unpaired) electrons. The van der Waals surface area contributed by atoms with Crippen molar-refractivity contribution in [2.75, 3.05) is 13.7 Å². The Bertz CT molecular complexity index is 348. The van der Waals surface area contributed by atoms with Crippen LogP contribution in [0.1, 0.15) is 12.0 Å². The number of rotatable bonds is 3. The number of ether oxygens (including phenoxy) is 1. The molecule has 1 aromatic carbocycles. The van der Waals surface area contributed by atoms with Crippen LogP contribution in [0.5, 0.6) is 5.75 Å². The molecule has 1 aromatic rings. The van der Waals surface area contributed by atoms with Gasteiger partial charge in [0.1, 0.15) is 5.75 Å². The number of nitrogens with one attached hydrogen (secondary N) is 1. The SMILES string of the molecule is COc1ccc(CN2CCC(=O)N2)cc1. The fourth-order valence-electron chi connectivity index (χ4n) is 1.59. The largest absolute Gasteiger partial charge is 0.497 e. The van der Waals surface area contributed by atoms with Crippen LogP contribution in [-0.2, 0) is 11.3 Å². The predicted molar refractivity (Wildman–Crippen MR) is 56.2 cm³/mol. The van der Waals surface area contributed by atoms with Crippen molar-refractivity contribution >= 4 is 5.91 Å². The van der Waals surface area contributed by atoms with Gasteiger partial charge in [-0.15, -0.1) is 0 Å². The number of hydrogen-bond donors (Lipinski definition) is 1. The standard InChI is InChI=1S/C11H14N2O2/c1-15-10-4-2-9(3-5-10)8-13-7-6-11(14)12-13/h2-5H,6-8H2,1H3,(H,12,14). The Morgan fingerprint density at radius 2 is 2.13 bits per heavy atom. The first-order valence-electron chi connectivity index (χ1n) is 4.95. The maximum absolute atomic E-state index is 11.0. The molecule has 4 heteroatoms. The molecule has 1 saturated heterocycles. The molecule has 15 heavy (non-hydrogen) atoms. The second-order valence-corrected chi connectivity index (χ2v) is 3.55. The molecule has 0 atom stereocenters. The minimum absolute atomic E-state index is 0.100. The van der Waals surface area contributed by atoms with Crippen LogP contribution in [0.25, 0.3) is 0 Å². The van der Waals surface area contributed by atoms with Gasteiger partial charge < -0.3 is 4.74 Å². The molecule has 4 nitrogen and oxygen atoms in total. The van der Waals surface area contributed by atoms with Crippen LogP contribution in [0.2, 0.25) is 0 Å². The van der Waals surface area contributed by atoms with Crippen molar-refractivity contribution in [3.8, 4) is 5.75 Å². The molecule has 0 unspecified atom stereocenters. The smallest absolute Gasteiger partial charge is 0.235 e. The Morgan fingerprint density at radius 3 is 2.67 bits per heavy atom. The van der Waals surface area contributed by atoms with Gasteiger partial charge in [-0.05, 0) is 17.7 Å². The Hall–Kier alpha value is -1.55. The third kappa shape index (κ3) is 2.47. The Balaban J connectivity index is 1.96. The lowest BCUT2D eigenvalue weighted by atomic mass is 10.2. The van der Waals surface area contributed by atoms with Crippen LogP contribution < -0.4 is 10.2 Å². The number of hydrogen-bond acceptors (Lipinski definition) is 3. The number of hydrazine groups is 1. The number of benzene rings is 1. The number of amides is 1. The van der Waals surface area contributed by atoms with E-state index in [-0.39, 0.29) is 5.91 Å². The molecule has 1 N–H and O–H groups in total. The van der Waals surface area contributed by atoms with Gasteiger partial charge in [-0.2, -0.15) is 0 Å². The van der Waals surface area contributed by atoms with Crippen molar-refractivity contribution < 1.29 is 9.53 Å². The van der Waals surface area contributed by atoms with Crippen LogP contribution >= 0.6 is 0 Å². The van der Waals surface area contributed by atoms with Gasteiger partial charge in [0.25, 0.3) is 0 Å². The zero-order valence-electron chi connectivity index (χ0n) is 8.69. The molecule has 1 amide bonds. The second kappa shape index (κ2) is 4.31. The molecule has 1 heterocycles. The molecular weight excluding hydrogens is 192 g/mol. The van der Waals surface area contributed by atoms with Crippen molar-refractivity contribution in [1.29, 1.82) is 0 Å². The molecular formula is C11H14N2O2. The highest BCUT2D eigenvalue weighted by molar-refractivity contribution is 5.77. The lowest BCUT2D eigenvalue weighted by molar-refractivity contribution is -0.121. The van der Waals surface area contributed by atoms with E-state index < -0.39 is 0 Å². The third-order valence-corrected chi connectivity index (χ3v) is 2.42. The van der Waals surface area contributed by atoms with Gasteiger partial charge in [0.2, 0.25) is 5.91 Å². The van der Waals surface area contributed by atoms with E-state index in [0.29, 0.717) is 6.42 Å². The maximum Gasteiger partial charge on any atom is 0.235 e.